The molecule has 0 spiro atoms. The summed E-state index contributed by atoms with van der Waals surface area (Å²) in [6.07, 6.45) is 2.22. The van der Waals surface area contributed by atoms with Gasteiger partial charge in [0.15, 0.2) is 0 Å². The molecular weight excluding hydrogens is 340 g/mol. The van der Waals surface area contributed by atoms with Crippen molar-refractivity contribution in [3.8, 4) is 11.5 Å². The molecule has 1 saturated heterocycles. The molecule has 6 nitrogen and oxygen atoms in total. The van der Waals surface area contributed by atoms with Crippen LogP contribution in [0.3, 0.4) is 0 Å². The molecule has 1 fully saturated rings. The van der Waals surface area contributed by atoms with Gasteiger partial charge in [0, 0.05) is 12.1 Å². The van der Waals surface area contributed by atoms with Crippen molar-refractivity contribution in [3.63, 3.8) is 0 Å². The number of methoxy groups -OCH3 is 1. The predicted molar refractivity (Wildman–Crippen MR) is 83.1 cm³/mol. The molecule has 1 aliphatic rings. The van der Waals surface area contributed by atoms with Gasteiger partial charge < -0.3 is 14.4 Å². The van der Waals surface area contributed by atoms with Crippen LogP contribution >= 0.6 is 15.9 Å². The Hall–Kier alpha value is -1.34. The van der Waals surface area contributed by atoms with E-state index in [-0.39, 0.29) is 11.4 Å². The second-order valence-electron chi connectivity index (χ2n) is 5.27. The molecular formula is C14H19BrN2O4. The highest BCUT2D eigenvalue weighted by Crippen LogP contribution is 2.37. The summed E-state index contributed by atoms with van der Waals surface area (Å²) >= 11 is 3.32. The Balaban J connectivity index is 2.04. The molecule has 0 atom stereocenters. The molecule has 1 heterocycles. The van der Waals surface area contributed by atoms with Gasteiger partial charge in [-0.3, -0.25) is 10.1 Å². The molecule has 21 heavy (non-hydrogen) atoms. The Bertz CT molecular complexity index is 516. The summed E-state index contributed by atoms with van der Waals surface area (Å²) in [6, 6.07) is 2.99. The maximum absolute atomic E-state index is 10.9. The first-order valence-corrected chi connectivity index (χ1v) is 7.64. The van der Waals surface area contributed by atoms with E-state index in [1.165, 1.54) is 13.2 Å². The molecule has 7 heteroatoms. The van der Waals surface area contributed by atoms with Crippen molar-refractivity contribution >= 4 is 21.6 Å². The topological polar surface area (TPSA) is 64.8 Å². The number of nitro benzene ring substituents is 1. The first kappa shape index (κ1) is 16.0. The van der Waals surface area contributed by atoms with Gasteiger partial charge in [-0.15, -0.1) is 0 Å². The zero-order chi connectivity index (χ0) is 15.4. The van der Waals surface area contributed by atoms with E-state index >= 15 is 0 Å². The first-order valence-electron chi connectivity index (χ1n) is 6.84. The maximum atomic E-state index is 10.9. The highest BCUT2D eigenvalue weighted by Gasteiger charge is 2.21. The SMILES string of the molecule is COc1cc(OCC2CCN(C)CC2)c(Br)cc1[N+](=O)[O-]. The van der Waals surface area contributed by atoms with Gasteiger partial charge in [-0.25, -0.2) is 0 Å². The van der Waals surface area contributed by atoms with Crippen molar-refractivity contribution in [2.45, 2.75) is 12.8 Å². The number of nitro groups is 1. The molecule has 116 valence electrons. The molecule has 0 radical (unpaired) electrons. The van der Waals surface area contributed by atoms with Crippen LogP contribution in [-0.2, 0) is 0 Å². The molecule has 0 saturated carbocycles. The summed E-state index contributed by atoms with van der Waals surface area (Å²) in [5, 5.41) is 10.9. The Morgan fingerprint density at radius 2 is 2.05 bits per heavy atom. The van der Waals surface area contributed by atoms with Gasteiger partial charge in [-0.2, -0.15) is 0 Å². The zero-order valence-electron chi connectivity index (χ0n) is 12.2. The number of ether oxygens (including phenoxy) is 2. The van der Waals surface area contributed by atoms with E-state index in [2.05, 4.69) is 27.9 Å². The number of likely N-dealkylation sites (tertiary alicyclic amines) is 1. The lowest BCUT2D eigenvalue weighted by molar-refractivity contribution is -0.385. The van der Waals surface area contributed by atoms with Crippen molar-refractivity contribution in [2.24, 2.45) is 5.92 Å². The molecule has 0 aliphatic carbocycles. The van der Waals surface area contributed by atoms with Gasteiger partial charge in [0.1, 0.15) is 5.75 Å². The summed E-state index contributed by atoms with van der Waals surface area (Å²) in [7, 11) is 3.53. The summed E-state index contributed by atoms with van der Waals surface area (Å²) in [5.74, 6) is 1.31. The van der Waals surface area contributed by atoms with Crippen LogP contribution in [-0.4, -0.2) is 43.7 Å². The average molecular weight is 359 g/mol. The van der Waals surface area contributed by atoms with Gasteiger partial charge in [-0.05, 0) is 54.8 Å². The Morgan fingerprint density at radius 1 is 1.38 bits per heavy atom. The smallest absolute Gasteiger partial charge is 0.312 e. The van der Waals surface area contributed by atoms with Crippen LogP contribution in [0, 0.1) is 16.0 Å². The van der Waals surface area contributed by atoms with E-state index < -0.39 is 4.92 Å². The van der Waals surface area contributed by atoms with E-state index in [4.69, 9.17) is 9.47 Å². The molecule has 0 unspecified atom stereocenters. The van der Waals surface area contributed by atoms with E-state index in [0.29, 0.717) is 22.7 Å². The van der Waals surface area contributed by atoms with E-state index in [1.807, 2.05) is 0 Å². The minimum Gasteiger partial charge on any atom is -0.492 e. The fourth-order valence-corrected chi connectivity index (χ4v) is 2.82. The predicted octanol–water partition coefficient (Wildman–Crippen LogP) is 3.09. The maximum Gasteiger partial charge on any atom is 0.312 e. The average Bonchev–Trinajstić information content (AvgIpc) is 2.47. The lowest BCUT2D eigenvalue weighted by Gasteiger charge is -2.28. The number of hydrogen-bond acceptors (Lipinski definition) is 5. The van der Waals surface area contributed by atoms with Crippen LogP contribution in [0.4, 0.5) is 5.69 Å². The minimum absolute atomic E-state index is 0.0731. The van der Waals surface area contributed by atoms with Crippen LogP contribution in [0.15, 0.2) is 16.6 Å². The lowest BCUT2D eigenvalue weighted by atomic mass is 9.98. The van der Waals surface area contributed by atoms with Gasteiger partial charge in [-0.1, -0.05) is 0 Å². The molecule has 0 aromatic heterocycles. The highest BCUT2D eigenvalue weighted by molar-refractivity contribution is 9.10. The third kappa shape index (κ3) is 4.07. The fourth-order valence-electron chi connectivity index (χ4n) is 2.38. The molecule has 0 amide bonds. The molecule has 1 aromatic carbocycles. The number of halogens is 1. The second-order valence-corrected chi connectivity index (χ2v) is 6.12. The van der Waals surface area contributed by atoms with Crippen molar-refractivity contribution in [2.75, 3.05) is 33.9 Å². The summed E-state index contributed by atoms with van der Waals surface area (Å²) in [4.78, 5) is 12.8. The van der Waals surface area contributed by atoms with E-state index in [9.17, 15) is 10.1 Å². The quantitative estimate of drug-likeness (QED) is 0.597. The van der Waals surface area contributed by atoms with E-state index in [1.54, 1.807) is 6.07 Å². The molecule has 0 bridgehead atoms. The Labute approximate surface area is 132 Å². The van der Waals surface area contributed by atoms with Crippen molar-refractivity contribution in [1.82, 2.24) is 4.90 Å². The number of rotatable bonds is 5. The monoisotopic (exact) mass is 358 g/mol. The van der Waals surface area contributed by atoms with Gasteiger partial charge in [0.05, 0.1) is 23.1 Å². The minimum atomic E-state index is -0.468. The number of piperidine rings is 1. The first-order chi connectivity index (χ1) is 10.0. The van der Waals surface area contributed by atoms with Crippen LogP contribution in [0.2, 0.25) is 0 Å². The normalized spacial score (nSPS) is 16.7. The van der Waals surface area contributed by atoms with Gasteiger partial charge in [0.2, 0.25) is 5.75 Å². The standard InChI is InChI=1S/C14H19BrN2O4/c1-16-5-3-10(4-6-16)9-21-13-8-14(20-2)12(17(18)19)7-11(13)15/h7-8,10H,3-6,9H2,1-2H3. The molecule has 0 N–H and O–H groups in total. The number of nitrogens with zero attached hydrogens (tertiary/aromatic N) is 2. The Kier molecular flexibility index (Phi) is 5.41. The Morgan fingerprint density at radius 3 is 2.62 bits per heavy atom. The largest absolute Gasteiger partial charge is 0.492 e. The van der Waals surface area contributed by atoms with Crippen molar-refractivity contribution in [1.29, 1.82) is 0 Å². The molecule has 2 rings (SSSR count). The van der Waals surface area contributed by atoms with Crippen LogP contribution in [0.1, 0.15) is 12.8 Å². The number of hydrogen-bond donors (Lipinski definition) is 0. The van der Waals surface area contributed by atoms with E-state index in [0.717, 1.165) is 25.9 Å². The van der Waals surface area contributed by atoms with Crippen LogP contribution in [0.5, 0.6) is 11.5 Å². The van der Waals surface area contributed by atoms with Crippen LogP contribution in [0.25, 0.3) is 0 Å². The van der Waals surface area contributed by atoms with Crippen LogP contribution < -0.4 is 9.47 Å². The fraction of sp³-hybridized carbons (Fsp3) is 0.571. The van der Waals surface area contributed by atoms with Gasteiger partial charge in [0.25, 0.3) is 0 Å². The summed E-state index contributed by atoms with van der Waals surface area (Å²) in [6.45, 7) is 2.78. The third-order valence-corrected chi connectivity index (χ3v) is 4.36. The van der Waals surface area contributed by atoms with Crippen molar-refractivity contribution in [3.05, 3.63) is 26.7 Å². The zero-order valence-corrected chi connectivity index (χ0v) is 13.8. The summed E-state index contributed by atoms with van der Waals surface area (Å²) < 4.78 is 11.5. The molecule has 1 aliphatic heterocycles. The van der Waals surface area contributed by atoms with Gasteiger partial charge >= 0.3 is 5.69 Å². The molecule has 1 aromatic rings. The van der Waals surface area contributed by atoms with Crippen molar-refractivity contribution < 1.29 is 14.4 Å². The summed E-state index contributed by atoms with van der Waals surface area (Å²) in [5.41, 5.74) is -0.0731. The number of benzene rings is 1. The second kappa shape index (κ2) is 7.09. The third-order valence-electron chi connectivity index (χ3n) is 3.74. The highest BCUT2D eigenvalue weighted by atomic mass is 79.9. The lowest BCUT2D eigenvalue weighted by Crippen LogP contribution is -2.32.